The molecule has 17 heavy (non-hydrogen) atoms. The predicted molar refractivity (Wildman–Crippen MR) is 68.7 cm³/mol. The molecule has 0 aliphatic rings. The van der Waals surface area contributed by atoms with Crippen LogP contribution in [0.5, 0.6) is 5.75 Å². The van der Waals surface area contributed by atoms with Crippen molar-refractivity contribution in [3.05, 3.63) is 29.6 Å². The SMILES string of the molecule is CC(C)CCOc1c(F)cccc1CC(C)N. The first-order valence-corrected chi connectivity index (χ1v) is 6.16. The normalized spacial score (nSPS) is 12.8. The molecule has 96 valence electrons. The molecule has 0 bridgehead atoms. The first-order valence-electron chi connectivity index (χ1n) is 6.16. The third kappa shape index (κ3) is 4.73. The molecule has 1 rings (SSSR count). The summed E-state index contributed by atoms with van der Waals surface area (Å²) in [5, 5.41) is 0. The number of nitrogens with two attached hydrogens (primary N) is 1. The summed E-state index contributed by atoms with van der Waals surface area (Å²) < 4.78 is 19.2. The Morgan fingerprint density at radius 2 is 2.00 bits per heavy atom. The second-order valence-electron chi connectivity index (χ2n) is 4.94. The van der Waals surface area contributed by atoms with Gasteiger partial charge in [-0.05, 0) is 37.3 Å². The van der Waals surface area contributed by atoms with Gasteiger partial charge in [0.1, 0.15) is 0 Å². The molecule has 0 heterocycles. The Labute approximate surface area is 103 Å². The van der Waals surface area contributed by atoms with Gasteiger partial charge in [0.15, 0.2) is 11.6 Å². The molecule has 2 N–H and O–H groups in total. The first kappa shape index (κ1) is 14.0. The van der Waals surface area contributed by atoms with Crippen molar-refractivity contribution < 1.29 is 9.13 Å². The molecule has 0 aliphatic heterocycles. The van der Waals surface area contributed by atoms with Gasteiger partial charge >= 0.3 is 0 Å². The van der Waals surface area contributed by atoms with Crippen LogP contribution in [0.2, 0.25) is 0 Å². The van der Waals surface area contributed by atoms with E-state index >= 15 is 0 Å². The standard InChI is InChI=1S/C14H22FNO/c1-10(2)7-8-17-14-12(9-11(3)16)5-4-6-13(14)15/h4-6,10-11H,7-9,16H2,1-3H3. The molecule has 1 aromatic carbocycles. The Balaban J connectivity index is 2.73. The first-order chi connectivity index (χ1) is 8.00. The smallest absolute Gasteiger partial charge is 0.165 e. The molecule has 0 amide bonds. The van der Waals surface area contributed by atoms with E-state index in [0.29, 0.717) is 24.7 Å². The molecule has 0 radical (unpaired) electrons. The van der Waals surface area contributed by atoms with E-state index in [9.17, 15) is 4.39 Å². The Hall–Kier alpha value is -1.09. The van der Waals surface area contributed by atoms with E-state index in [2.05, 4.69) is 13.8 Å². The zero-order chi connectivity index (χ0) is 12.8. The van der Waals surface area contributed by atoms with Gasteiger partial charge in [-0.2, -0.15) is 0 Å². The number of hydrogen-bond acceptors (Lipinski definition) is 2. The van der Waals surface area contributed by atoms with Gasteiger partial charge in [0.25, 0.3) is 0 Å². The van der Waals surface area contributed by atoms with Crippen LogP contribution in [-0.4, -0.2) is 12.6 Å². The van der Waals surface area contributed by atoms with E-state index in [1.807, 2.05) is 13.0 Å². The maximum atomic E-state index is 13.7. The highest BCUT2D eigenvalue weighted by Crippen LogP contribution is 2.24. The van der Waals surface area contributed by atoms with Gasteiger partial charge in [-0.1, -0.05) is 26.0 Å². The minimum atomic E-state index is -0.299. The van der Waals surface area contributed by atoms with E-state index in [0.717, 1.165) is 12.0 Å². The summed E-state index contributed by atoms with van der Waals surface area (Å²) in [6.07, 6.45) is 1.56. The lowest BCUT2D eigenvalue weighted by molar-refractivity contribution is 0.273. The van der Waals surface area contributed by atoms with E-state index in [1.165, 1.54) is 6.07 Å². The summed E-state index contributed by atoms with van der Waals surface area (Å²) in [7, 11) is 0. The van der Waals surface area contributed by atoms with Crippen molar-refractivity contribution in [2.75, 3.05) is 6.61 Å². The molecule has 0 aromatic heterocycles. The van der Waals surface area contributed by atoms with Crippen LogP contribution in [-0.2, 0) is 6.42 Å². The van der Waals surface area contributed by atoms with Gasteiger partial charge < -0.3 is 10.5 Å². The highest BCUT2D eigenvalue weighted by Gasteiger charge is 2.11. The maximum absolute atomic E-state index is 13.7. The van der Waals surface area contributed by atoms with Crippen LogP contribution in [0.15, 0.2) is 18.2 Å². The maximum Gasteiger partial charge on any atom is 0.165 e. The molecule has 1 atom stereocenters. The second kappa shape index (κ2) is 6.60. The zero-order valence-corrected chi connectivity index (χ0v) is 10.9. The highest BCUT2D eigenvalue weighted by molar-refractivity contribution is 5.35. The zero-order valence-electron chi connectivity index (χ0n) is 10.9. The topological polar surface area (TPSA) is 35.2 Å². The quantitative estimate of drug-likeness (QED) is 0.827. The molecule has 0 saturated carbocycles. The van der Waals surface area contributed by atoms with Crippen molar-refractivity contribution in [3.8, 4) is 5.75 Å². The number of ether oxygens (including phenoxy) is 1. The number of hydrogen-bond donors (Lipinski definition) is 1. The van der Waals surface area contributed by atoms with E-state index < -0.39 is 0 Å². The van der Waals surface area contributed by atoms with E-state index in [1.54, 1.807) is 6.07 Å². The van der Waals surface area contributed by atoms with Crippen LogP contribution >= 0.6 is 0 Å². The Bertz CT molecular complexity index is 350. The average Bonchev–Trinajstić information content (AvgIpc) is 2.21. The average molecular weight is 239 g/mol. The fourth-order valence-corrected chi connectivity index (χ4v) is 1.62. The minimum absolute atomic E-state index is 0.00393. The summed E-state index contributed by atoms with van der Waals surface area (Å²) in [6.45, 7) is 6.69. The molecule has 1 aromatic rings. The number of para-hydroxylation sites is 1. The monoisotopic (exact) mass is 239 g/mol. The van der Waals surface area contributed by atoms with Gasteiger partial charge in [0.05, 0.1) is 6.61 Å². The van der Waals surface area contributed by atoms with Crippen LogP contribution in [0.1, 0.15) is 32.8 Å². The summed E-state index contributed by atoms with van der Waals surface area (Å²) in [5.41, 5.74) is 6.59. The lowest BCUT2D eigenvalue weighted by atomic mass is 10.1. The Morgan fingerprint density at radius 1 is 1.29 bits per heavy atom. The molecule has 0 spiro atoms. The molecule has 0 saturated heterocycles. The number of rotatable bonds is 6. The summed E-state index contributed by atoms with van der Waals surface area (Å²) >= 11 is 0. The van der Waals surface area contributed by atoms with Crippen molar-refractivity contribution in [1.29, 1.82) is 0 Å². The van der Waals surface area contributed by atoms with Crippen LogP contribution in [0.4, 0.5) is 4.39 Å². The largest absolute Gasteiger partial charge is 0.490 e. The van der Waals surface area contributed by atoms with Crippen LogP contribution in [0.25, 0.3) is 0 Å². The molecular weight excluding hydrogens is 217 g/mol. The lowest BCUT2D eigenvalue weighted by Gasteiger charge is -2.14. The van der Waals surface area contributed by atoms with Crippen molar-refractivity contribution in [3.63, 3.8) is 0 Å². The van der Waals surface area contributed by atoms with Crippen molar-refractivity contribution in [2.45, 2.75) is 39.7 Å². The molecule has 0 aliphatic carbocycles. The Morgan fingerprint density at radius 3 is 2.59 bits per heavy atom. The third-order valence-electron chi connectivity index (χ3n) is 2.53. The van der Waals surface area contributed by atoms with Crippen molar-refractivity contribution in [2.24, 2.45) is 11.7 Å². The van der Waals surface area contributed by atoms with Gasteiger partial charge in [-0.3, -0.25) is 0 Å². The third-order valence-corrected chi connectivity index (χ3v) is 2.53. The molecule has 0 fully saturated rings. The van der Waals surface area contributed by atoms with Crippen molar-refractivity contribution in [1.82, 2.24) is 0 Å². The van der Waals surface area contributed by atoms with E-state index in [-0.39, 0.29) is 11.9 Å². The fourth-order valence-electron chi connectivity index (χ4n) is 1.62. The lowest BCUT2D eigenvalue weighted by Crippen LogP contribution is -2.18. The van der Waals surface area contributed by atoms with Crippen LogP contribution in [0, 0.1) is 11.7 Å². The van der Waals surface area contributed by atoms with Gasteiger partial charge in [0.2, 0.25) is 0 Å². The summed E-state index contributed by atoms with van der Waals surface area (Å²) in [6, 6.07) is 5.00. The van der Waals surface area contributed by atoms with Crippen LogP contribution in [0.3, 0.4) is 0 Å². The summed E-state index contributed by atoms with van der Waals surface area (Å²) in [4.78, 5) is 0. The highest BCUT2D eigenvalue weighted by atomic mass is 19.1. The van der Waals surface area contributed by atoms with Crippen LogP contribution < -0.4 is 10.5 Å². The fraction of sp³-hybridized carbons (Fsp3) is 0.571. The van der Waals surface area contributed by atoms with Gasteiger partial charge in [-0.15, -0.1) is 0 Å². The van der Waals surface area contributed by atoms with E-state index in [4.69, 9.17) is 10.5 Å². The molecule has 2 nitrogen and oxygen atoms in total. The second-order valence-corrected chi connectivity index (χ2v) is 4.94. The minimum Gasteiger partial charge on any atom is -0.490 e. The Kier molecular flexibility index (Phi) is 5.42. The molecule has 1 unspecified atom stereocenters. The van der Waals surface area contributed by atoms with Crippen molar-refractivity contribution >= 4 is 0 Å². The van der Waals surface area contributed by atoms with Gasteiger partial charge in [-0.25, -0.2) is 4.39 Å². The number of halogens is 1. The number of benzene rings is 1. The van der Waals surface area contributed by atoms with Gasteiger partial charge in [0, 0.05) is 6.04 Å². The molecular formula is C14H22FNO. The molecule has 3 heteroatoms. The summed E-state index contributed by atoms with van der Waals surface area (Å²) in [5.74, 6) is 0.621. The predicted octanol–water partition coefficient (Wildman–Crippen LogP) is 3.14.